The van der Waals surface area contributed by atoms with E-state index in [0.29, 0.717) is 11.3 Å². The van der Waals surface area contributed by atoms with E-state index in [1.165, 1.54) is 16.8 Å². The number of aromatic nitrogens is 2. The van der Waals surface area contributed by atoms with Crippen LogP contribution in [0.2, 0.25) is 0 Å². The fourth-order valence-electron chi connectivity index (χ4n) is 4.65. The lowest BCUT2D eigenvalue weighted by atomic mass is 9.96. The number of nitrogens with zero attached hydrogens (tertiary/aromatic N) is 3. The van der Waals surface area contributed by atoms with Crippen LogP contribution in [0.25, 0.3) is 0 Å². The van der Waals surface area contributed by atoms with Gasteiger partial charge in [-0.05, 0) is 31.5 Å². The predicted molar refractivity (Wildman–Crippen MR) is 119 cm³/mol. The van der Waals surface area contributed by atoms with Gasteiger partial charge in [0, 0.05) is 43.7 Å². The molecule has 160 valence electrons. The van der Waals surface area contributed by atoms with Gasteiger partial charge in [-0.25, -0.2) is 0 Å². The topological polar surface area (TPSA) is 59.4 Å². The molecule has 0 saturated carbocycles. The fraction of sp³-hybridized carbons (Fsp3) is 0.360. The second-order valence-electron chi connectivity index (χ2n) is 8.62. The summed E-state index contributed by atoms with van der Waals surface area (Å²) in [4.78, 5) is 15.0. The Morgan fingerprint density at radius 1 is 1.00 bits per heavy atom. The van der Waals surface area contributed by atoms with Gasteiger partial charge in [0.2, 0.25) is 0 Å². The molecule has 0 bridgehead atoms. The van der Waals surface area contributed by atoms with Crippen molar-refractivity contribution >= 4 is 5.91 Å². The van der Waals surface area contributed by atoms with E-state index in [4.69, 9.17) is 9.84 Å². The molecule has 0 aliphatic carbocycles. The normalized spacial score (nSPS) is 17.8. The highest BCUT2D eigenvalue weighted by Crippen LogP contribution is 2.34. The molecule has 1 N–H and O–H groups in total. The van der Waals surface area contributed by atoms with Crippen molar-refractivity contribution in [1.29, 1.82) is 0 Å². The summed E-state index contributed by atoms with van der Waals surface area (Å²) < 4.78 is 8.38. The zero-order valence-corrected chi connectivity index (χ0v) is 18.1. The molecular weight excluding hydrogens is 388 g/mol. The lowest BCUT2D eigenvalue weighted by Gasteiger charge is -2.44. The van der Waals surface area contributed by atoms with E-state index >= 15 is 0 Å². The maximum atomic E-state index is 12.6. The molecule has 6 nitrogen and oxygen atoms in total. The summed E-state index contributed by atoms with van der Waals surface area (Å²) in [6.45, 7) is 7.64. The molecular formula is C25H28N4O2. The summed E-state index contributed by atoms with van der Waals surface area (Å²) in [7, 11) is 0. The number of ether oxygens (including phenoxy) is 1. The zero-order valence-electron chi connectivity index (χ0n) is 18.1. The van der Waals surface area contributed by atoms with Crippen molar-refractivity contribution in [2.24, 2.45) is 0 Å². The number of hydrogen-bond acceptors (Lipinski definition) is 4. The first-order valence-corrected chi connectivity index (χ1v) is 10.9. The number of amides is 1. The number of aryl methyl sites for hydroxylation is 1. The van der Waals surface area contributed by atoms with Crippen LogP contribution in [-0.2, 0) is 13.1 Å². The predicted octanol–water partition coefficient (Wildman–Crippen LogP) is 3.66. The number of nitrogens with one attached hydrogen (secondary N) is 1. The van der Waals surface area contributed by atoms with Gasteiger partial charge < -0.3 is 10.1 Å². The molecule has 1 fully saturated rings. The summed E-state index contributed by atoms with van der Waals surface area (Å²) in [5.41, 5.74) is 4.88. The largest absolute Gasteiger partial charge is 0.467 e. The summed E-state index contributed by atoms with van der Waals surface area (Å²) in [6, 6.07) is 17.9. The van der Waals surface area contributed by atoms with Crippen molar-refractivity contribution in [1.82, 2.24) is 20.0 Å². The first-order chi connectivity index (χ1) is 15.0. The van der Waals surface area contributed by atoms with Gasteiger partial charge in [-0.15, -0.1) is 0 Å². The molecule has 0 radical (unpaired) electrons. The minimum atomic E-state index is -0.594. The second kappa shape index (κ2) is 7.85. The number of rotatable bonds is 4. The first-order valence-electron chi connectivity index (χ1n) is 10.9. The number of piperidine rings is 1. The molecule has 1 aromatic heterocycles. The Hall–Kier alpha value is -3.12. The number of fused-ring (bicyclic) bond motifs is 1. The van der Waals surface area contributed by atoms with E-state index in [1.54, 1.807) is 0 Å². The van der Waals surface area contributed by atoms with Gasteiger partial charge in [0.15, 0.2) is 5.72 Å². The number of benzene rings is 2. The smallest absolute Gasteiger partial charge is 0.258 e. The van der Waals surface area contributed by atoms with E-state index in [9.17, 15) is 4.79 Å². The van der Waals surface area contributed by atoms with Gasteiger partial charge in [0.25, 0.3) is 5.91 Å². The van der Waals surface area contributed by atoms with Crippen molar-refractivity contribution in [3.63, 3.8) is 0 Å². The Balaban J connectivity index is 1.26. The van der Waals surface area contributed by atoms with Crippen molar-refractivity contribution in [2.45, 2.75) is 45.5 Å². The third kappa shape index (κ3) is 3.83. The average Bonchev–Trinajstić information content (AvgIpc) is 3.03. The van der Waals surface area contributed by atoms with Crippen molar-refractivity contribution in [3.05, 3.63) is 82.7 Å². The first kappa shape index (κ1) is 19.8. The summed E-state index contributed by atoms with van der Waals surface area (Å²) in [6.07, 6.45) is 1.53. The maximum Gasteiger partial charge on any atom is 0.258 e. The summed E-state index contributed by atoms with van der Waals surface area (Å²) in [5.74, 6) is 0.651. The van der Waals surface area contributed by atoms with Gasteiger partial charge in [0.05, 0.1) is 17.8 Å². The fourth-order valence-corrected chi connectivity index (χ4v) is 4.65. The Bertz CT molecular complexity index is 1100. The lowest BCUT2D eigenvalue weighted by Crippen LogP contribution is -2.60. The van der Waals surface area contributed by atoms with Crippen molar-refractivity contribution in [2.75, 3.05) is 13.1 Å². The Kier molecular flexibility index (Phi) is 5.02. The van der Waals surface area contributed by atoms with Crippen molar-refractivity contribution in [3.8, 4) is 5.75 Å². The zero-order chi connectivity index (χ0) is 21.4. The quantitative estimate of drug-likeness (QED) is 0.705. The van der Waals surface area contributed by atoms with Gasteiger partial charge in [0.1, 0.15) is 5.75 Å². The van der Waals surface area contributed by atoms with Crippen LogP contribution in [0, 0.1) is 13.8 Å². The summed E-state index contributed by atoms with van der Waals surface area (Å²) >= 11 is 0. The molecule has 3 heterocycles. The van der Waals surface area contributed by atoms with Crippen LogP contribution < -0.4 is 10.1 Å². The van der Waals surface area contributed by atoms with Crippen LogP contribution in [0.15, 0.2) is 54.6 Å². The maximum absolute atomic E-state index is 12.6. The van der Waals surface area contributed by atoms with Gasteiger partial charge in [-0.2, -0.15) is 5.10 Å². The van der Waals surface area contributed by atoms with Crippen molar-refractivity contribution < 1.29 is 9.53 Å². The van der Waals surface area contributed by atoms with Crippen LogP contribution in [0.3, 0.4) is 0 Å². The molecule has 1 amide bonds. The summed E-state index contributed by atoms with van der Waals surface area (Å²) in [5, 5.41) is 7.92. The average molecular weight is 417 g/mol. The molecule has 1 saturated heterocycles. The number of likely N-dealkylation sites (tertiary alicyclic amines) is 1. The molecule has 1 spiro atoms. The molecule has 6 heteroatoms. The Morgan fingerprint density at radius 2 is 1.71 bits per heavy atom. The SMILES string of the molecule is Cc1nn(Cc2ccccc2)c(C)c1CN1CCC2(CC1)NC(=O)c1ccccc1O2. The van der Waals surface area contributed by atoms with Gasteiger partial charge >= 0.3 is 0 Å². The van der Waals surface area contributed by atoms with E-state index in [-0.39, 0.29) is 5.91 Å². The molecule has 0 unspecified atom stereocenters. The van der Waals surface area contributed by atoms with Crippen LogP contribution in [0.4, 0.5) is 0 Å². The number of carbonyl (C=O) groups is 1. The van der Waals surface area contributed by atoms with E-state index in [0.717, 1.165) is 44.7 Å². The Morgan fingerprint density at radius 3 is 2.48 bits per heavy atom. The molecule has 0 atom stereocenters. The second-order valence-corrected chi connectivity index (χ2v) is 8.62. The lowest BCUT2D eigenvalue weighted by molar-refractivity contribution is -0.0304. The third-order valence-corrected chi connectivity index (χ3v) is 6.53. The van der Waals surface area contributed by atoms with Crippen LogP contribution in [0.1, 0.15) is 45.7 Å². The molecule has 31 heavy (non-hydrogen) atoms. The highest BCUT2D eigenvalue weighted by molar-refractivity contribution is 5.98. The number of para-hydroxylation sites is 1. The molecule has 2 aliphatic heterocycles. The highest BCUT2D eigenvalue weighted by Gasteiger charge is 2.42. The van der Waals surface area contributed by atoms with E-state index in [2.05, 4.69) is 53.0 Å². The third-order valence-electron chi connectivity index (χ3n) is 6.53. The van der Waals surface area contributed by atoms with E-state index < -0.39 is 5.72 Å². The number of hydrogen-bond donors (Lipinski definition) is 1. The van der Waals surface area contributed by atoms with Gasteiger partial charge in [-0.3, -0.25) is 14.4 Å². The Labute approximate surface area is 182 Å². The minimum absolute atomic E-state index is 0.0378. The molecule has 2 aromatic carbocycles. The van der Waals surface area contributed by atoms with E-state index in [1.807, 2.05) is 30.3 Å². The highest BCUT2D eigenvalue weighted by atomic mass is 16.5. The molecule has 5 rings (SSSR count). The molecule has 3 aromatic rings. The monoisotopic (exact) mass is 416 g/mol. The standard InChI is InChI=1S/C25H28N4O2/c1-18-22(19(2)29(27-18)16-20-8-4-3-5-9-20)17-28-14-12-25(13-15-28)26-24(30)21-10-6-7-11-23(21)31-25/h3-11H,12-17H2,1-2H3,(H,26,30). The van der Waals surface area contributed by atoms with Crippen LogP contribution >= 0.6 is 0 Å². The minimum Gasteiger partial charge on any atom is -0.467 e. The molecule has 2 aliphatic rings. The van der Waals surface area contributed by atoms with Crippen LogP contribution in [0.5, 0.6) is 5.75 Å². The van der Waals surface area contributed by atoms with Crippen LogP contribution in [-0.4, -0.2) is 39.4 Å². The number of carbonyl (C=O) groups excluding carboxylic acids is 1. The van der Waals surface area contributed by atoms with Gasteiger partial charge in [-0.1, -0.05) is 42.5 Å².